The van der Waals surface area contributed by atoms with Gasteiger partial charge in [-0.05, 0) is 64.6 Å². The van der Waals surface area contributed by atoms with Crippen molar-refractivity contribution in [3.05, 3.63) is 30.3 Å². The molecular formula is C23H31N5O2. The summed E-state index contributed by atoms with van der Waals surface area (Å²) in [5.74, 6) is 2.49. The van der Waals surface area contributed by atoms with E-state index >= 15 is 0 Å². The Morgan fingerprint density at radius 2 is 1.87 bits per heavy atom. The van der Waals surface area contributed by atoms with Crippen molar-refractivity contribution in [3.8, 4) is 11.5 Å². The van der Waals surface area contributed by atoms with Gasteiger partial charge < -0.3 is 14.1 Å². The third-order valence-electron chi connectivity index (χ3n) is 6.55. The summed E-state index contributed by atoms with van der Waals surface area (Å²) in [5.41, 5.74) is 1.84. The van der Waals surface area contributed by atoms with Crippen molar-refractivity contribution in [2.75, 3.05) is 32.8 Å². The Hall–Kier alpha value is -2.25. The molecule has 0 aliphatic carbocycles. The topological polar surface area (TPSA) is 69.2 Å². The maximum atomic E-state index is 6.17. The van der Waals surface area contributed by atoms with E-state index in [9.17, 15) is 0 Å². The zero-order valence-corrected chi connectivity index (χ0v) is 18.0. The van der Waals surface area contributed by atoms with Gasteiger partial charge >= 0.3 is 0 Å². The van der Waals surface area contributed by atoms with E-state index in [1.54, 1.807) is 0 Å². The Morgan fingerprint density at radius 3 is 2.63 bits per heavy atom. The third kappa shape index (κ3) is 4.01. The van der Waals surface area contributed by atoms with Gasteiger partial charge in [0.2, 0.25) is 11.8 Å². The van der Waals surface area contributed by atoms with E-state index in [2.05, 4.69) is 41.2 Å². The largest absolute Gasteiger partial charge is 0.420 e. The molecule has 7 heteroatoms. The van der Waals surface area contributed by atoms with Crippen molar-refractivity contribution in [1.82, 2.24) is 24.9 Å². The predicted octanol–water partition coefficient (Wildman–Crippen LogP) is 4.27. The van der Waals surface area contributed by atoms with Crippen LogP contribution in [0, 0.1) is 5.92 Å². The fourth-order valence-corrected chi connectivity index (χ4v) is 4.67. The van der Waals surface area contributed by atoms with Gasteiger partial charge in [0, 0.05) is 43.3 Å². The number of aromatic nitrogens is 4. The van der Waals surface area contributed by atoms with E-state index in [1.807, 2.05) is 16.8 Å². The summed E-state index contributed by atoms with van der Waals surface area (Å²) in [4.78, 5) is 2.60. The van der Waals surface area contributed by atoms with Gasteiger partial charge in [0.25, 0.3) is 0 Å². The van der Waals surface area contributed by atoms with Crippen LogP contribution < -0.4 is 0 Å². The van der Waals surface area contributed by atoms with Crippen LogP contribution in [0.4, 0.5) is 0 Å². The lowest BCUT2D eigenvalue weighted by Gasteiger charge is -2.34. The highest BCUT2D eigenvalue weighted by molar-refractivity contribution is 5.91. The summed E-state index contributed by atoms with van der Waals surface area (Å²) >= 11 is 0. The van der Waals surface area contributed by atoms with Crippen molar-refractivity contribution in [2.45, 2.75) is 51.5 Å². The van der Waals surface area contributed by atoms with E-state index in [0.29, 0.717) is 17.9 Å². The molecule has 5 rings (SSSR count). The average molecular weight is 410 g/mol. The van der Waals surface area contributed by atoms with Gasteiger partial charge in [-0.2, -0.15) is 5.10 Å². The van der Waals surface area contributed by atoms with Gasteiger partial charge in [0.15, 0.2) is 0 Å². The zero-order chi connectivity index (χ0) is 20.5. The Kier molecular flexibility index (Phi) is 5.56. The zero-order valence-electron chi connectivity index (χ0n) is 18.0. The minimum Gasteiger partial charge on any atom is -0.420 e. The van der Waals surface area contributed by atoms with Crippen LogP contribution in [0.3, 0.4) is 0 Å². The number of ether oxygens (including phenoxy) is 1. The van der Waals surface area contributed by atoms with Crippen LogP contribution in [0.25, 0.3) is 22.4 Å². The number of piperidine rings is 1. The monoisotopic (exact) mass is 409 g/mol. The summed E-state index contributed by atoms with van der Waals surface area (Å²) in [6, 6.07) is 6.45. The van der Waals surface area contributed by atoms with Crippen LogP contribution in [0.1, 0.15) is 57.4 Å². The molecule has 3 aromatic rings. The van der Waals surface area contributed by atoms with Crippen molar-refractivity contribution < 1.29 is 9.15 Å². The lowest BCUT2D eigenvalue weighted by Crippen LogP contribution is -2.38. The highest BCUT2D eigenvalue weighted by atomic mass is 16.5. The van der Waals surface area contributed by atoms with Crippen LogP contribution in [-0.2, 0) is 4.74 Å². The van der Waals surface area contributed by atoms with Crippen LogP contribution in [0.5, 0.6) is 0 Å². The molecule has 30 heavy (non-hydrogen) atoms. The van der Waals surface area contributed by atoms with Gasteiger partial charge in [-0.3, -0.25) is 4.68 Å². The first-order valence-electron chi connectivity index (χ1n) is 11.3. The quantitative estimate of drug-likeness (QED) is 0.627. The molecule has 160 valence electrons. The molecule has 2 aliphatic rings. The first-order chi connectivity index (χ1) is 14.7. The van der Waals surface area contributed by atoms with Gasteiger partial charge in [-0.1, -0.05) is 12.1 Å². The molecule has 2 aliphatic heterocycles. The second kappa shape index (κ2) is 8.47. The lowest BCUT2D eigenvalue weighted by atomic mass is 9.94. The fraction of sp³-hybridized carbons (Fsp3) is 0.609. The normalized spacial score (nSPS) is 19.8. The highest BCUT2D eigenvalue weighted by Gasteiger charge is 2.27. The van der Waals surface area contributed by atoms with Crippen molar-refractivity contribution >= 4 is 10.9 Å². The standard InChI is InChI=1S/C23H31N5O2/c1-16(2)28-15-19-4-3-5-20(21(19)26-28)23-25-24-22(30-23)18-6-10-27(11-7-18)14-17-8-12-29-13-9-17/h3-5,15-18H,6-14H2,1-2H3. The molecule has 2 aromatic heterocycles. The smallest absolute Gasteiger partial charge is 0.250 e. The van der Waals surface area contributed by atoms with E-state index < -0.39 is 0 Å². The van der Waals surface area contributed by atoms with Crippen LogP contribution in [0.2, 0.25) is 0 Å². The number of hydrogen-bond acceptors (Lipinski definition) is 6. The maximum absolute atomic E-state index is 6.17. The number of benzene rings is 1. The molecule has 0 unspecified atom stereocenters. The molecule has 2 saturated heterocycles. The summed E-state index contributed by atoms with van der Waals surface area (Å²) in [7, 11) is 0. The second-order valence-electron chi connectivity index (χ2n) is 9.02. The van der Waals surface area contributed by atoms with Gasteiger partial charge in [0.1, 0.15) is 5.52 Å². The number of hydrogen-bond donors (Lipinski definition) is 0. The molecule has 7 nitrogen and oxygen atoms in total. The molecule has 0 amide bonds. The van der Waals surface area contributed by atoms with Crippen molar-refractivity contribution in [3.63, 3.8) is 0 Å². The second-order valence-corrected chi connectivity index (χ2v) is 9.02. The number of fused-ring (bicyclic) bond motifs is 1. The van der Waals surface area contributed by atoms with E-state index in [1.165, 1.54) is 19.4 Å². The van der Waals surface area contributed by atoms with Gasteiger partial charge in [-0.25, -0.2) is 0 Å². The molecule has 4 heterocycles. The molecule has 0 N–H and O–H groups in total. The van der Waals surface area contributed by atoms with Gasteiger partial charge in [0.05, 0.1) is 5.56 Å². The predicted molar refractivity (Wildman–Crippen MR) is 115 cm³/mol. The Bertz CT molecular complexity index is 981. The molecule has 0 radical (unpaired) electrons. The molecule has 0 atom stereocenters. The molecule has 1 aromatic carbocycles. The SMILES string of the molecule is CC(C)n1cc2cccc(-c3nnc(C4CCN(CC5CCOCC5)CC4)o3)c2n1. The molecular weight excluding hydrogens is 378 g/mol. The van der Waals surface area contributed by atoms with E-state index in [4.69, 9.17) is 14.3 Å². The van der Waals surface area contributed by atoms with Crippen LogP contribution in [0.15, 0.2) is 28.8 Å². The highest BCUT2D eigenvalue weighted by Crippen LogP contribution is 2.32. The number of likely N-dealkylation sites (tertiary alicyclic amines) is 1. The number of rotatable bonds is 5. The molecule has 0 saturated carbocycles. The van der Waals surface area contributed by atoms with Crippen molar-refractivity contribution in [1.29, 1.82) is 0 Å². The lowest BCUT2D eigenvalue weighted by molar-refractivity contribution is 0.0483. The van der Waals surface area contributed by atoms with E-state index in [-0.39, 0.29) is 0 Å². The Labute approximate surface area is 177 Å². The van der Waals surface area contributed by atoms with E-state index in [0.717, 1.165) is 67.4 Å². The minimum absolute atomic E-state index is 0.315. The fourth-order valence-electron chi connectivity index (χ4n) is 4.67. The number of nitrogens with zero attached hydrogens (tertiary/aromatic N) is 5. The minimum atomic E-state index is 0.315. The molecule has 0 bridgehead atoms. The molecule has 2 fully saturated rings. The van der Waals surface area contributed by atoms with Crippen LogP contribution >= 0.6 is 0 Å². The average Bonchev–Trinajstić information content (AvgIpc) is 3.42. The summed E-state index contributed by atoms with van der Waals surface area (Å²) in [6.45, 7) is 9.52. The molecule has 0 spiro atoms. The Balaban J connectivity index is 1.27. The first kappa shape index (κ1) is 19.7. The van der Waals surface area contributed by atoms with Gasteiger partial charge in [-0.15, -0.1) is 10.2 Å². The summed E-state index contributed by atoms with van der Waals surface area (Å²) in [5, 5.41) is 14.7. The summed E-state index contributed by atoms with van der Waals surface area (Å²) < 4.78 is 13.6. The Morgan fingerprint density at radius 1 is 1.07 bits per heavy atom. The maximum Gasteiger partial charge on any atom is 0.250 e. The van der Waals surface area contributed by atoms with Crippen LogP contribution in [-0.4, -0.2) is 57.7 Å². The summed E-state index contributed by atoms with van der Waals surface area (Å²) in [6.07, 6.45) is 6.64. The van der Waals surface area contributed by atoms with Crippen molar-refractivity contribution in [2.24, 2.45) is 5.92 Å². The first-order valence-corrected chi connectivity index (χ1v) is 11.3. The third-order valence-corrected chi connectivity index (χ3v) is 6.55.